The van der Waals surface area contributed by atoms with Gasteiger partial charge in [-0.3, -0.25) is 4.79 Å². The molecule has 0 bridgehead atoms. The summed E-state index contributed by atoms with van der Waals surface area (Å²) in [5.74, 6) is -0.0939. The van der Waals surface area contributed by atoms with Crippen LogP contribution < -0.4 is 18.9 Å². The van der Waals surface area contributed by atoms with Crippen LogP contribution in [0.15, 0.2) is 24.3 Å². The number of ether oxygens (including phenoxy) is 4. The molecule has 0 aliphatic carbocycles. The van der Waals surface area contributed by atoms with Gasteiger partial charge in [0.05, 0.1) is 11.5 Å². The van der Waals surface area contributed by atoms with Gasteiger partial charge in [0, 0.05) is 11.6 Å². The van der Waals surface area contributed by atoms with E-state index in [2.05, 4.69) is 0 Å². The van der Waals surface area contributed by atoms with Gasteiger partial charge in [-0.15, -0.1) is 0 Å². The lowest BCUT2D eigenvalue weighted by molar-refractivity contribution is 0.0888. The molecule has 2 aromatic carbocycles. The predicted molar refractivity (Wildman–Crippen MR) is 98.6 cm³/mol. The van der Waals surface area contributed by atoms with Crippen molar-refractivity contribution in [2.45, 2.75) is 25.4 Å². The molecule has 0 unspecified atom stereocenters. The van der Waals surface area contributed by atoms with Crippen molar-refractivity contribution in [3.63, 3.8) is 0 Å². The minimum atomic E-state index is -0.782. The molecule has 5 rings (SSSR count). The number of Topliss-reactive ketones (excluding diaryl/α,β-unsaturated/α-hetero) is 1. The molecule has 0 spiro atoms. The molecule has 2 aromatic rings. The van der Waals surface area contributed by atoms with Gasteiger partial charge in [-0.05, 0) is 32.1 Å². The number of phenolic OH excluding ortho intramolecular Hbond substituents is 2. The molecule has 1 atom stereocenters. The zero-order valence-corrected chi connectivity index (χ0v) is 15.3. The zero-order chi connectivity index (χ0) is 19.6. The van der Waals surface area contributed by atoms with Gasteiger partial charge in [0.25, 0.3) is 0 Å². The number of phenols is 2. The zero-order valence-electron chi connectivity index (χ0n) is 15.3. The summed E-state index contributed by atoms with van der Waals surface area (Å²) in [5, 5.41) is 21.3. The highest BCUT2D eigenvalue weighted by Crippen LogP contribution is 2.50. The van der Waals surface area contributed by atoms with Crippen LogP contribution in [0, 0.1) is 0 Å². The summed E-state index contributed by atoms with van der Waals surface area (Å²) in [6.45, 7) is 3.83. The summed E-state index contributed by atoms with van der Waals surface area (Å²) in [6, 6.07) is 4.88. The second-order valence-corrected chi connectivity index (χ2v) is 7.51. The van der Waals surface area contributed by atoms with E-state index < -0.39 is 11.5 Å². The third kappa shape index (κ3) is 2.32. The molecule has 2 N–H and O–H groups in total. The lowest BCUT2D eigenvalue weighted by atomic mass is 9.86. The van der Waals surface area contributed by atoms with Crippen LogP contribution in [0.25, 0.3) is 6.08 Å². The van der Waals surface area contributed by atoms with Crippen molar-refractivity contribution in [1.82, 2.24) is 0 Å². The van der Waals surface area contributed by atoms with E-state index in [1.807, 2.05) is 19.9 Å². The molecule has 0 amide bonds. The Labute approximate surface area is 160 Å². The standard InChI is InChI=1S/C21H18O7/c1-21(2)6-5-11-14(28-21)7-15-16(17(11)22)18(23)12(8-25-15)10-3-4-13-20(19(10)24)27-9-26-13/h3-7,12,22,24H,8-9H2,1-2H3/t12-/m1/s1. The topological polar surface area (TPSA) is 94.5 Å². The Balaban J connectivity index is 1.59. The molecule has 144 valence electrons. The maximum Gasteiger partial charge on any atom is 0.231 e. The van der Waals surface area contributed by atoms with Gasteiger partial charge in [0.2, 0.25) is 12.5 Å². The Bertz CT molecular complexity index is 1050. The highest BCUT2D eigenvalue weighted by molar-refractivity contribution is 6.08. The van der Waals surface area contributed by atoms with Crippen molar-refractivity contribution in [1.29, 1.82) is 0 Å². The summed E-state index contributed by atoms with van der Waals surface area (Å²) in [4.78, 5) is 13.2. The van der Waals surface area contributed by atoms with Crippen LogP contribution in [0.4, 0.5) is 0 Å². The largest absolute Gasteiger partial charge is 0.506 e. The van der Waals surface area contributed by atoms with Crippen molar-refractivity contribution < 1.29 is 34.0 Å². The smallest absolute Gasteiger partial charge is 0.231 e. The third-order valence-corrected chi connectivity index (χ3v) is 5.18. The fraction of sp³-hybridized carbons (Fsp3) is 0.286. The van der Waals surface area contributed by atoms with Crippen LogP contribution in [0.2, 0.25) is 0 Å². The Morgan fingerprint density at radius 2 is 1.86 bits per heavy atom. The molecule has 7 heteroatoms. The van der Waals surface area contributed by atoms with Crippen molar-refractivity contribution in [3.8, 4) is 34.5 Å². The van der Waals surface area contributed by atoms with Crippen LogP contribution in [0.1, 0.15) is 41.3 Å². The van der Waals surface area contributed by atoms with Gasteiger partial charge in [0.1, 0.15) is 35.0 Å². The molecule has 0 saturated carbocycles. The molecule has 7 nitrogen and oxygen atoms in total. The van der Waals surface area contributed by atoms with Crippen molar-refractivity contribution in [2.24, 2.45) is 0 Å². The monoisotopic (exact) mass is 382 g/mol. The summed E-state index contributed by atoms with van der Waals surface area (Å²) in [5.41, 5.74) is 0.364. The Kier molecular flexibility index (Phi) is 3.34. The second-order valence-electron chi connectivity index (χ2n) is 7.51. The lowest BCUT2D eigenvalue weighted by Crippen LogP contribution is -2.29. The van der Waals surface area contributed by atoms with Gasteiger partial charge >= 0.3 is 0 Å². The van der Waals surface area contributed by atoms with E-state index in [-0.39, 0.29) is 47.7 Å². The van der Waals surface area contributed by atoms with Gasteiger partial charge < -0.3 is 29.2 Å². The Morgan fingerprint density at radius 1 is 1.04 bits per heavy atom. The highest BCUT2D eigenvalue weighted by atomic mass is 16.7. The summed E-state index contributed by atoms with van der Waals surface area (Å²) < 4.78 is 22.2. The number of rotatable bonds is 1. The summed E-state index contributed by atoms with van der Waals surface area (Å²) in [7, 11) is 0. The van der Waals surface area contributed by atoms with E-state index in [4.69, 9.17) is 18.9 Å². The van der Waals surface area contributed by atoms with E-state index in [1.165, 1.54) is 0 Å². The van der Waals surface area contributed by atoms with Crippen LogP contribution in [-0.4, -0.2) is 35.0 Å². The minimum Gasteiger partial charge on any atom is -0.506 e. The average Bonchev–Trinajstić information content (AvgIpc) is 3.11. The van der Waals surface area contributed by atoms with E-state index >= 15 is 0 Å². The van der Waals surface area contributed by atoms with Gasteiger partial charge in [0.15, 0.2) is 17.3 Å². The number of aromatic hydroxyl groups is 2. The van der Waals surface area contributed by atoms with Crippen LogP contribution in [-0.2, 0) is 0 Å². The third-order valence-electron chi connectivity index (χ3n) is 5.18. The van der Waals surface area contributed by atoms with E-state index in [9.17, 15) is 15.0 Å². The van der Waals surface area contributed by atoms with Crippen LogP contribution in [0.5, 0.6) is 34.5 Å². The molecule has 0 saturated heterocycles. The number of hydrogen-bond donors (Lipinski definition) is 2. The molecular weight excluding hydrogens is 364 g/mol. The normalized spacial score (nSPS) is 20.8. The van der Waals surface area contributed by atoms with Gasteiger partial charge in [-0.25, -0.2) is 0 Å². The number of fused-ring (bicyclic) bond motifs is 3. The number of carbonyl (C=O) groups excluding carboxylic acids is 1. The van der Waals surface area contributed by atoms with Crippen LogP contribution in [0.3, 0.4) is 0 Å². The Hall–Kier alpha value is -3.35. The maximum absolute atomic E-state index is 13.2. The molecule has 28 heavy (non-hydrogen) atoms. The number of hydrogen-bond acceptors (Lipinski definition) is 7. The molecular formula is C21H18O7. The summed E-state index contributed by atoms with van der Waals surface area (Å²) in [6.07, 6.45) is 3.56. The molecule has 3 heterocycles. The minimum absolute atomic E-state index is 0.0138. The van der Waals surface area contributed by atoms with Crippen LogP contribution >= 0.6 is 0 Å². The quantitative estimate of drug-likeness (QED) is 0.781. The van der Waals surface area contributed by atoms with Crippen molar-refractivity contribution >= 4 is 11.9 Å². The second kappa shape index (κ2) is 5.58. The molecule has 0 radical (unpaired) electrons. The van der Waals surface area contributed by atoms with Crippen molar-refractivity contribution in [3.05, 3.63) is 41.0 Å². The molecule has 0 fully saturated rings. The first-order valence-electron chi connectivity index (χ1n) is 8.92. The predicted octanol–water partition coefficient (Wildman–Crippen LogP) is 3.37. The van der Waals surface area contributed by atoms with E-state index in [1.54, 1.807) is 24.3 Å². The van der Waals surface area contributed by atoms with Crippen molar-refractivity contribution in [2.75, 3.05) is 13.4 Å². The lowest BCUT2D eigenvalue weighted by Gasteiger charge is -2.31. The number of carbonyl (C=O) groups is 1. The number of benzene rings is 2. The SMILES string of the molecule is CC1(C)C=Cc2c(cc3c(c2O)C(=O)[C@@H](c2ccc4c(c2O)OCO4)CO3)O1. The van der Waals surface area contributed by atoms with E-state index in [0.717, 1.165) is 0 Å². The molecule has 0 aromatic heterocycles. The Morgan fingerprint density at radius 3 is 2.68 bits per heavy atom. The molecule has 3 aliphatic rings. The first-order chi connectivity index (χ1) is 13.4. The summed E-state index contributed by atoms with van der Waals surface area (Å²) >= 11 is 0. The highest BCUT2D eigenvalue weighted by Gasteiger charge is 2.38. The number of ketones is 1. The average molecular weight is 382 g/mol. The first kappa shape index (κ1) is 16.8. The van der Waals surface area contributed by atoms with Gasteiger partial charge in [-0.2, -0.15) is 0 Å². The fourth-order valence-corrected chi connectivity index (χ4v) is 3.74. The first-order valence-corrected chi connectivity index (χ1v) is 8.92. The van der Waals surface area contributed by atoms with E-state index in [0.29, 0.717) is 22.6 Å². The van der Waals surface area contributed by atoms with Gasteiger partial charge in [-0.1, -0.05) is 6.07 Å². The maximum atomic E-state index is 13.2. The fourth-order valence-electron chi connectivity index (χ4n) is 3.74. The molecule has 3 aliphatic heterocycles.